The molecule has 0 saturated carbocycles. The van der Waals surface area contributed by atoms with Crippen molar-refractivity contribution in [1.82, 2.24) is 15.2 Å². The minimum absolute atomic E-state index is 0.0206. The lowest BCUT2D eigenvalue weighted by Crippen LogP contribution is -2.48. The number of amides is 4. The van der Waals surface area contributed by atoms with E-state index in [9.17, 15) is 18.8 Å². The smallest absolute Gasteiger partial charge is 0.325 e. The summed E-state index contributed by atoms with van der Waals surface area (Å²) >= 11 is 6.58. The molecular formula is C21H20ClFN4O3. The van der Waals surface area contributed by atoms with Crippen LogP contribution in [0.5, 0.6) is 0 Å². The fourth-order valence-electron chi connectivity index (χ4n) is 3.87. The Morgan fingerprint density at radius 1 is 1.23 bits per heavy atom. The summed E-state index contributed by atoms with van der Waals surface area (Å²) in [6.45, 7) is 1.02. The van der Waals surface area contributed by atoms with Crippen LogP contribution in [0.4, 0.5) is 15.0 Å². The first-order valence-electron chi connectivity index (χ1n) is 9.67. The van der Waals surface area contributed by atoms with E-state index in [1.807, 2.05) is 0 Å². The molecule has 4 amide bonds. The molecule has 1 atom stereocenters. The lowest BCUT2D eigenvalue weighted by atomic mass is 9.88. The van der Waals surface area contributed by atoms with Crippen LogP contribution in [-0.4, -0.2) is 47.9 Å². The molecule has 1 unspecified atom stereocenters. The van der Waals surface area contributed by atoms with Crippen LogP contribution in [0.2, 0.25) is 5.02 Å². The summed E-state index contributed by atoms with van der Waals surface area (Å²) < 4.78 is 14.9. The summed E-state index contributed by atoms with van der Waals surface area (Å²) in [7, 11) is 1.67. The van der Waals surface area contributed by atoms with Gasteiger partial charge in [0.25, 0.3) is 0 Å². The average molecular weight is 431 g/mol. The standard InChI is InChI=1S/C21H20ClFN4O3/c1-26-8-3-9-27(21(26)30)19-16(23)10-12(11-24-19)13-4-2-5-14(18(13)22)15-6-7-17(28)25-20(15)29/h2,4-5,10-11,15H,3,6-9H2,1H3,(H,25,28,29). The molecule has 0 radical (unpaired) electrons. The predicted molar refractivity (Wildman–Crippen MR) is 110 cm³/mol. The van der Waals surface area contributed by atoms with Gasteiger partial charge in [-0.05, 0) is 24.5 Å². The maximum Gasteiger partial charge on any atom is 0.325 e. The summed E-state index contributed by atoms with van der Waals surface area (Å²) in [4.78, 5) is 43.0. The Labute approximate surface area is 177 Å². The van der Waals surface area contributed by atoms with Gasteiger partial charge in [0.05, 0.1) is 10.9 Å². The fraction of sp³-hybridized carbons (Fsp3) is 0.333. The van der Waals surface area contributed by atoms with Gasteiger partial charge >= 0.3 is 6.03 Å². The number of piperidine rings is 1. The molecule has 2 aliphatic rings. The number of anilines is 1. The van der Waals surface area contributed by atoms with Crippen molar-refractivity contribution in [3.8, 4) is 11.1 Å². The van der Waals surface area contributed by atoms with Gasteiger partial charge in [0, 0.05) is 43.9 Å². The highest BCUT2D eigenvalue weighted by Crippen LogP contribution is 2.37. The first-order valence-corrected chi connectivity index (χ1v) is 10.0. The first-order chi connectivity index (χ1) is 14.4. The highest BCUT2D eigenvalue weighted by atomic mass is 35.5. The minimum Gasteiger partial charge on any atom is -0.327 e. The fourth-order valence-corrected chi connectivity index (χ4v) is 4.24. The molecule has 1 aromatic carbocycles. The number of nitrogens with zero attached hydrogens (tertiary/aromatic N) is 3. The Kier molecular flexibility index (Phi) is 5.42. The van der Waals surface area contributed by atoms with Crippen molar-refractivity contribution in [2.24, 2.45) is 0 Å². The SMILES string of the molecule is CN1CCCN(c2ncc(-c3cccc(C4CCC(=O)NC4=O)c3Cl)cc2F)C1=O. The number of urea groups is 1. The Morgan fingerprint density at radius 2 is 2.03 bits per heavy atom. The van der Waals surface area contributed by atoms with E-state index >= 15 is 0 Å². The van der Waals surface area contributed by atoms with Crippen LogP contribution < -0.4 is 10.2 Å². The van der Waals surface area contributed by atoms with Crippen LogP contribution in [0.1, 0.15) is 30.7 Å². The van der Waals surface area contributed by atoms with E-state index in [1.165, 1.54) is 22.1 Å². The molecule has 0 spiro atoms. The number of pyridine rings is 1. The third kappa shape index (κ3) is 3.63. The molecule has 3 heterocycles. The quantitative estimate of drug-likeness (QED) is 0.757. The van der Waals surface area contributed by atoms with Crippen molar-refractivity contribution >= 4 is 35.3 Å². The normalized spacial score (nSPS) is 19.8. The van der Waals surface area contributed by atoms with Gasteiger partial charge in [0.2, 0.25) is 11.8 Å². The van der Waals surface area contributed by atoms with Crippen molar-refractivity contribution in [1.29, 1.82) is 0 Å². The Morgan fingerprint density at radius 3 is 2.77 bits per heavy atom. The van der Waals surface area contributed by atoms with Crippen LogP contribution >= 0.6 is 11.6 Å². The zero-order valence-corrected chi connectivity index (χ0v) is 17.1. The summed E-state index contributed by atoms with van der Waals surface area (Å²) in [5, 5.41) is 2.64. The van der Waals surface area contributed by atoms with Gasteiger partial charge in [-0.2, -0.15) is 0 Å². The van der Waals surface area contributed by atoms with Crippen LogP contribution in [0.25, 0.3) is 11.1 Å². The Balaban J connectivity index is 1.66. The van der Waals surface area contributed by atoms with E-state index in [1.54, 1.807) is 25.2 Å². The zero-order chi connectivity index (χ0) is 21.4. The summed E-state index contributed by atoms with van der Waals surface area (Å²) in [6.07, 6.45) is 2.80. The number of nitrogens with one attached hydrogen (secondary N) is 1. The van der Waals surface area contributed by atoms with Gasteiger partial charge in [0.15, 0.2) is 11.6 Å². The van der Waals surface area contributed by atoms with Gasteiger partial charge < -0.3 is 4.90 Å². The topological polar surface area (TPSA) is 82.6 Å². The van der Waals surface area contributed by atoms with Gasteiger partial charge in [0.1, 0.15) is 0 Å². The van der Waals surface area contributed by atoms with Crippen molar-refractivity contribution in [3.63, 3.8) is 0 Å². The van der Waals surface area contributed by atoms with Crippen molar-refractivity contribution in [3.05, 3.63) is 46.9 Å². The maximum atomic E-state index is 14.9. The monoisotopic (exact) mass is 430 g/mol. The lowest BCUT2D eigenvalue weighted by molar-refractivity contribution is -0.134. The molecule has 2 saturated heterocycles. The molecule has 2 aliphatic heterocycles. The molecule has 1 aromatic heterocycles. The number of aromatic nitrogens is 1. The largest absolute Gasteiger partial charge is 0.327 e. The van der Waals surface area contributed by atoms with Crippen molar-refractivity contribution in [2.45, 2.75) is 25.2 Å². The Bertz CT molecular complexity index is 1040. The highest BCUT2D eigenvalue weighted by Gasteiger charge is 2.31. The Hall–Kier alpha value is -3.00. The summed E-state index contributed by atoms with van der Waals surface area (Å²) in [5.41, 5.74) is 1.54. The summed E-state index contributed by atoms with van der Waals surface area (Å²) in [5.74, 6) is -1.89. The van der Waals surface area contributed by atoms with E-state index in [0.717, 1.165) is 6.42 Å². The number of imide groups is 1. The van der Waals surface area contributed by atoms with E-state index in [0.29, 0.717) is 41.2 Å². The number of benzene rings is 1. The second-order valence-electron chi connectivity index (χ2n) is 7.45. The van der Waals surface area contributed by atoms with Crippen LogP contribution in [0.3, 0.4) is 0 Å². The lowest BCUT2D eigenvalue weighted by Gasteiger charge is -2.32. The number of rotatable bonds is 3. The van der Waals surface area contributed by atoms with Crippen molar-refractivity contribution in [2.75, 3.05) is 25.0 Å². The van der Waals surface area contributed by atoms with E-state index in [4.69, 9.17) is 11.6 Å². The molecule has 7 nitrogen and oxygen atoms in total. The molecule has 2 aromatic rings. The minimum atomic E-state index is -0.626. The summed E-state index contributed by atoms with van der Waals surface area (Å²) in [6, 6.07) is 6.17. The van der Waals surface area contributed by atoms with Crippen LogP contribution in [-0.2, 0) is 9.59 Å². The molecule has 1 N–H and O–H groups in total. The average Bonchev–Trinajstić information content (AvgIpc) is 2.71. The molecule has 30 heavy (non-hydrogen) atoms. The zero-order valence-electron chi connectivity index (χ0n) is 16.3. The van der Waals surface area contributed by atoms with Gasteiger partial charge in [-0.25, -0.2) is 14.2 Å². The molecule has 0 aliphatic carbocycles. The van der Waals surface area contributed by atoms with Crippen molar-refractivity contribution < 1.29 is 18.8 Å². The predicted octanol–water partition coefficient (Wildman–Crippen LogP) is 3.32. The second kappa shape index (κ2) is 8.02. The third-order valence-corrected chi connectivity index (χ3v) is 5.89. The van der Waals surface area contributed by atoms with Crippen LogP contribution in [0.15, 0.2) is 30.5 Å². The number of hydrogen-bond acceptors (Lipinski definition) is 4. The van der Waals surface area contributed by atoms with Gasteiger partial charge in [-0.1, -0.05) is 29.8 Å². The number of hydrogen-bond donors (Lipinski definition) is 1. The number of halogens is 2. The molecule has 0 bridgehead atoms. The van der Waals surface area contributed by atoms with E-state index in [2.05, 4.69) is 10.3 Å². The number of carbonyl (C=O) groups excluding carboxylic acids is 3. The first kappa shape index (κ1) is 20.3. The molecule has 9 heteroatoms. The molecule has 156 valence electrons. The van der Waals surface area contributed by atoms with Crippen LogP contribution in [0, 0.1) is 5.82 Å². The molecule has 2 fully saturated rings. The van der Waals surface area contributed by atoms with E-state index in [-0.39, 0.29) is 24.2 Å². The highest BCUT2D eigenvalue weighted by molar-refractivity contribution is 6.34. The molecule has 4 rings (SSSR count). The third-order valence-electron chi connectivity index (χ3n) is 5.46. The maximum absolute atomic E-state index is 14.9. The molecular weight excluding hydrogens is 411 g/mol. The van der Waals surface area contributed by atoms with Gasteiger partial charge in [-0.15, -0.1) is 0 Å². The van der Waals surface area contributed by atoms with E-state index < -0.39 is 17.6 Å². The van der Waals surface area contributed by atoms with Gasteiger partial charge in [-0.3, -0.25) is 19.8 Å². The number of carbonyl (C=O) groups is 3. The second-order valence-corrected chi connectivity index (χ2v) is 7.83.